The van der Waals surface area contributed by atoms with Gasteiger partial charge in [0.05, 0.1) is 10.9 Å². The van der Waals surface area contributed by atoms with Crippen LogP contribution in [0.3, 0.4) is 0 Å². The Morgan fingerprint density at radius 1 is 1.12 bits per heavy atom. The lowest BCUT2D eigenvalue weighted by Crippen LogP contribution is -2.43. The maximum absolute atomic E-state index is 12.7. The molecule has 26 heavy (non-hydrogen) atoms. The Morgan fingerprint density at radius 2 is 1.92 bits per heavy atom. The summed E-state index contributed by atoms with van der Waals surface area (Å²) in [7, 11) is 0. The van der Waals surface area contributed by atoms with Gasteiger partial charge in [0.2, 0.25) is 5.91 Å². The standard InChI is InChI=1S/C19H16ClN3O3/c20-14-6-5-12-7-8-22(10-13(12)9-14)17(24)11-23-18(25)15-3-1-2-4-16(15)21-19(23)26/h1-6,9H,7-8,10-11H2,(H,21,26). The van der Waals surface area contributed by atoms with Gasteiger partial charge in [0.15, 0.2) is 0 Å². The van der Waals surface area contributed by atoms with E-state index in [1.807, 2.05) is 18.2 Å². The Bertz CT molecular complexity index is 1130. The summed E-state index contributed by atoms with van der Waals surface area (Å²) in [6.45, 7) is 0.692. The van der Waals surface area contributed by atoms with E-state index in [4.69, 9.17) is 11.6 Å². The second kappa shape index (κ2) is 6.46. The number of fused-ring (bicyclic) bond motifs is 2. The van der Waals surface area contributed by atoms with E-state index in [9.17, 15) is 14.4 Å². The highest BCUT2D eigenvalue weighted by Crippen LogP contribution is 2.22. The van der Waals surface area contributed by atoms with Gasteiger partial charge in [0.25, 0.3) is 5.56 Å². The molecule has 2 aromatic carbocycles. The summed E-state index contributed by atoms with van der Waals surface area (Å²) in [6.07, 6.45) is 0.723. The Hall–Kier alpha value is -2.86. The number of rotatable bonds is 2. The lowest BCUT2D eigenvalue weighted by atomic mass is 10.00. The summed E-state index contributed by atoms with van der Waals surface area (Å²) < 4.78 is 0.957. The van der Waals surface area contributed by atoms with Gasteiger partial charge in [0, 0.05) is 18.1 Å². The van der Waals surface area contributed by atoms with Crippen LogP contribution < -0.4 is 11.2 Å². The molecule has 0 saturated heterocycles. The zero-order valence-electron chi connectivity index (χ0n) is 13.9. The number of H-pyrrole nitrogens is 1. The van der Waals surface area contributed by atoms with Crippen molar-refractivity contribution in [2.45, 2.75) is 19.5 Å². The van der Waals surface area contributed by atoms with Crippen LogP contribution in [0.5, 0.6) is 0 Å². The van der Waals surface area contributed by atoms with Gasteiger partial charge in [0.1, 0.15) is 6.54 Å². The first kappa shape index (κ1) is 16.6. The first-order chi connectivity index (χ1) is 12.5. The molecule has 1 aliphatic heterocycles. The number of aromatic nitrogens is 2. The van der Waals surface area contributed by atoms with Crippen molar-refractivity contribution in [1.82, 2.24) is 14.5 Å². The van der Waals surface area contributed by atoms with Crippen LogP contribution >= 0.6 is 11.6 Å². The minimum absolute atomic E-state index is 0.265. The first-order valence-corrected chi connectivity index (χ1v) is 8.67. The van der Waals surface area contributed by atoms with Crippen LogP contribution in [0.1, 0.15) is 11.1 Å². The molecule has 0 spiro atoms. The molecular weight excluding hydrogens is 354 g/mol. The van der Waals surface area contributed by atoms with E-state index in [-0.39, 0.29) is 12.5 Å². The maximum Gasteiger partial charge on any atom is 0.329 e. The van der Waals surface area contributed by atoms with E-state index in [1.54, 1.807) is 29.2 Å². The topological polar surface area (TPSA) is 75.2 Å². The molecule has 132 valence electrons. The van der Waals surface area contributed by atoms with E-state index in [0.717, 1.165) is 16.6 Å². The number of aromatic amines is 1. The molecule has 1 amide bonds. The van der Waals surface area contributed by atoms with Crippen molar-refractivity contribution < 1.29 is 4.79 Å². The predicted octanol–water partition coefficient (Wildman–Crippen LogP) is 1.93. The van der Waals surface area contributed by atoms with Crippen molar-refractivity contribution in [3.8, 4) is 0 Å². The molecule has 0 bridgehead atoms. The summed E-state index contributed by atoms with van der Waals surface area (Å²) in [4.78, 5) is 41.8. The van der Waals surface area contributed by atoms with Crippen LogP contribution in [0, 0.1) is 0 Å². The third kappa shape index (κ3) is 2.93. The zero-order valence-corrected chi connectivity index (χ0v) is 14.6. The van der Waals surface area contributed by atoms with Gasteiger partial charge in [-0.05, 0) is 41.8 Å². The summed E-state index contributed by atoms with van der Waals surface area (Å²) in [5.74, 6) is -0.265. The fourth-order valence-corrected chi connectivity index (χ4v) is 3.51. The first-order valence-electron chi connectivity index (χ1n) is 8.30. The molecule has 1 N–H and O–H groups in total. The van der Waals surface area contributed by atoms with Crippen LogP contribution in [0.25, 0.3) is 10.9 Å². The molecule has 6 nitrogen and oxygen atoms in total. The van der Waals surface area contributed by atoms with Gasteiger partial charge >= 0.3 is 5.69 Å². The second-order valence-corrected chi connectivity index (χ2v) is 6.78. The molecule has 0 unspecified atom stereocenters. The maximum atomic E-state index is 12.7. The quantitative estimate of drug-likeness (QED) is 0.750. The van der Waals surface area contributed by atoms with Crippen molar-refractivity contribution in [2.24, 2.45) is 0 Å². The van der Waals surface area contributed by atoms with E-state index in [0.29, 0.717) is 29.0 Å². The van der Waals surface area contributed by atoms with E-state index in [2.05, 4.69) is 4.98 Å². The third-order valence-corrected chi connectivity index (χ3v) is 4.95. The number of hydrogen-bond acceptors (Lipinski definition) is 3. The van der Waals surface area contributed by atoms with Crippen LogP contribution in [-0.4, -0.2) is 26.9 Å². The van der Waals surface area contributed by atoms with Gasteiger partial charge < -0.3 is 9.88 Å². The number of carbonyl (C=O) groups excluding carboxylic acids is 1. The number of halogens is 1. The lowest BCUT2D eigenvalue weighted by Gasteiger charge is -2.29. The molecule has 1 aliphatic rings. The van der Waals surface area contributed by atoms with Crippen molar-refractivity contribution in [3.05, 3.63) is 79.5 Å². The van der Waals surface area contributed by atoms with Gasteiger partial charge in [-0.2, -0.15) is 0 Å². The van der Waals surface area contributed by atoms with Gasteiger partial charge in [-0.1, -0.05) is 29.8 Å². The SMILES string of the molecule is O=C(Cn1c(=O)[nH]c2ccccc2c1=O)N1CCc2ccc(Cl)cc2C1. The normalized spacial score (nSPS) is 13.7. The number of para-hydroxylation sites is 1. The highest BCUT2D eigenvalue weighted by Gasteiger charge is 2.22. The van der Waals surface area contributed by atoms with E-state index < -0.39 is 11.2 Å². The van der Waals surface area contributed by atoms with Crippen LogP contribution in [0.15, 0.2) is 52.1 Å². The molecule has 2 heterocycles. The Balaban J connectivity index is 1.62. The molecule has 1 aromatic heterocycles. The average Bonchev–Trinajstić information content (AvgIpc) is 2.64. The van der Waals surface area contributed by atoms with Crippen LogP contribution in [0.4, 0.5) is 0 Å². The third-order valence-electron chi connectivity index (χ3n) is 4.72. The van der Waals surface area contributed by atoms with E-state index in [1.165, 1.54) is 5.56 Å². The fourth-order valence-electron chi connectivity index (χ4n) is 3.32. The number of carbonyl (C=O) groups is 1. The van der Waals surface area contributed by atoms with Crippen LogP contribution in [0.2, 0.25) is 5.02 Å². The molecule has 7 heteroatoms. The minimum Gasteiger partial charge on any atom is -0.336 e. The highest BCUT2D eigenvalue weighted by molar-refractivity contribution is 6.30. The Morgan fingerprint density at radius 3 is 2.77 bits per heavy atom. The number of benzene rings is 2. The molecule has 0 fully saturated rings. The fraction of sp³-hybridized carbons (Fsp3) is 0.211. The molecule has 0 atom stereocenters. The van der Waals surface area contributed by atoms with Crippen molar-refractivity contribution in [1.29, 1.82) is 0 Å². The Kier molecular flexibility index (Phi) is 4.12. The number of amides is 1. The molecule has 0 saturated carbocycles. The molecule has 0 aliphatic carbocycles. The largest absolute Gasteiger partial charge is 0.336 e. The second-order valence-electron chi connectivity index (χ2n) is 6.35. The van der Waals surface area contributed by atoms with Gasteiger partial charge in [-0.3, -0.25) is 14.2 Å². The monoisotopic (exact) mass is 369 g/mol. The molecular formula is C19H16ClN3O3. The number of hydrogen-bond donors (Lipinski definition) is 1. The summed E-state index contributed by atoms with van der Waals surface area (Å²) in [6, 6.07) is 12.4. The molecule has 0 radical (unpaired) electrons. The Labute approximate surface area is 153 Å². The minimum atomic E-state index is -0.581. The molecule has 4 rings (SSSR count). The smallest absolute Gasteiger partial charge is 0.329 e. The molecule has 3 aromatic rings. The zero-order chi connectivity index (χ0) is 18.3. The summed E-state index contributed by atoms with van der Waals surface area (Å²) in [5.41, 5.74) is 1.59. The van der Waals surface area contributed by atoms with Crippen molar-refractivity contribution in [2.75, 3.05) is 6.54 Å². The van der Waals surface area contributed by atoms with Gasteiger partial charge in [-0.15, -0.1) is 0 Å². The number of nitrogens with zero attached hydrogens (tertiary/aromatic N) is 2. The van der Waals surface area contributed by atoms with Crippen LogP contribution in [-0.2, 0) is 24.3 Å². The van der Waals surface area contributed by atoms with Crippen molar-refractivity contribution >= 4 is 28.4 Å². The summed E-state index contributed by atoms with van der Waals surface area (Å²) in [5, 5.41) is 1.01. The highest BCUT2D eigenvalue weighted by atomic mass is 35.5. The lowest BCUT2D eigenvalue weighted by molar-refractivity contribution is -0.132. The van der Waals surface area contributed by atoms with Gasteiger partial charge in [-0.25, -0.2) is 4.79 Å². The number of nitrogens with one attached hydrogen (secondary N) is 1. The van der Waals surface area contributed by atoms with Crippen molar-refractivity contribution in [3.63, 3.8) is 0 Å². The predicted molar refractivity (Wildman–Crippen MR) is 99.4 cm³/mol. The average molecular weight is 370 g/mol. The summed E-state index contributed by atoms with van der Waals surface area (Å²) >= 11 is 6.04. The van der Waals surface area contributed by atoms with E-state index >= 15 is 0 Å².